The lowest BCUT2D eigenvalue weighted by Crippen LogP contribution is -2.50. The van der Waals surface area contributed by atoms with Gasteiger partial charge in [0.25, 0.3) is 0 Å². The van der Waals surface area contributed by atoms with E-state index in [1.165, 1.54) is 4.90 Å². The summed E-state index contributed by atoms with van der Waals surface area (Å²) in [6.45, 7) is 5.16. The van der Waals surface area contributed by atoms with Crippen LogP contribution in [0.1, 0.15) is 27.2 Å². The molecule has 1 aliphatic heterocycles. The van der Waals surface area contributed by atoms with E-state index in [2.05, 4.69) is 5.32 Å². The molecule has 0 spiro atoms. The second-order valence-electron chi connectivity index (χ2n) is 5.64. The van der Waals surface area contributed by atoms with Crippen molar-refractivity contribution < 1.29 is 24.2 Å². The Morgan fingerprint density at radius 1 is 1.55 bits per heavy atom. The number of rotatable bonds is 4. The Hall–Kier alpha value is -1.50. The van der Waals surface area contributed by atoms with Gasteiger partial charge in [-0.2, -0.15) is 0 Å². The van der Waals surface area contributed by atoms with Gasteiger partial charge in [0.05, 0.1) is 11.9 Å². The number of ether oxygens (including phenoxy) is 1. The third-order valence-corrected chi connectivity index (χ3v) is 2.85. The average molecular weight is 307 g/mol. The Labute approximate surface area is 122 Å². The summed E-state index contributed by atoms with van der Waals surface area (Å²) >= 11 is 5.84. The molecule has 2 N–H and O–H groups in total. The molecule has 2 atom stereocenters. The second-order valence-corrected chi connectivity index (χ2v) is 6.25. The van der Waals surface area contributed by atoms with E-state index in [9.17, 15) is 14.4 Å². The first-order chi connectivity index (χ1) is 9.08. The quantitative estimate of drug-likeness (QED) is 0.749. The third-order valence-electron chi connectivity index (χ3n) is 2.56. The zero-order valence-electron chi connectivity index (χ0n) is 11.7. The maximum absolute atomic E-state index is 11.6. The summed E-state index contributed by atoms with van der Waals surface area (Å²) in [5, 5.41) is 11.0. The summed E-state index contributed by atoms with van der Waals surface area (Å²) in [6, 6.07) is -1.23. The van der Waals surface area contributed by atoms with Gasteiger partial charge in [-0.15, -0.1) is 11.6 Å². The highest BCUT2D eigenvalue weighted by molar-refractivity contribution is 6.22. The lowest BCUT2D eigenvalue weighted by atomic mass is 10.2. The molecule has 1 fully saturated rings. The standard InChI is InChI=1S/C12H19ClN2O5/c1-12(2,3)20-11(19)14-8(10(17)18)6-15-5-7(13)4-9(15)16/h7-8H,4-6H2,1-3H3,(H,14,19)(H,17,18). The van der Waals surface area contributed by atoms with E-state index >= 15 is 0 Å². The average Bonchev–Trinajstić information content (AvgIpc) is 2.53. The van der Waals surface area contributed by atoms with E-state index < -0.39 is 23.7 Å². The zero-order chi connectivity index (χ0) is 15.5. The molecule has 114 valence electrons. The number of likely N-dealkylation sites (tertiary alicyclic amines) is 1. The summed E-state index contributed by atoms with van der Waals surface area (Å²) in [4.78, 5) is 35.6. The number of carbonyl (C=O) groups is 3. The van der Waals surface area contributed by atoms with Gasteiger partial charge in [-0.05, 0) is 20.8 Å². The topological polar surface area (TPSA) is 95.9 Å². The molecule has 1 saturated heterocycles. The lowest BCUT2D eigenvalue weighted by molar-refractivity contribution is -0.140. The first-order valence-corrected chi connectivity index (χ1v) is 6.66. The SMILES string of the molecule is CC(C)(C)OC(=O)NC(CN1CC(Cl)CC1=O)C(=O)O. The first kappa shape index (κ1) is 16.6. The number of hydrogen-bond acceptors (Lipinski definition) is 4. The van der Waals surface area contributed by atoms with Crippen molar-refractivity contribution in [1.82, 2.24) is 10.2 Å². The molecule has 0 aromatic carbocycles. The van der Waals surface area contributed by atoms with Crippen LogP contribution in [0.3, 0.4) is 0 Å². The van der Waals surface area contributed by atoms with Crippen molar-refractivity contribution in [2.75, 3.05) is 13.1 Å². The molecular weight excluding hydrogens is 288 g/mol. The second kappa shape index (κ2) is 6.30. The first-order valence-electron chi connectivity index (χ1n) is 6.22. The Morgan fingerprint density at radius 2 is 2.15 bits per heavy atom. The fraction of sp³-hybridized carbons (Fsp3) is 0.750. The molecule has 2 amide bonds. The van der Waals surface area contributed by atoms with Crippen molar-refractivity contribution in [2.45, 2.75) is 44.2 Å². The van der Waals surface area contributed by atoms with Gasteiger partial charge in [0, 0.05) is 13.0 Å². The van der Waals surface area contributed by atoms with Crippen molar-refractivity contribution in [1.29, 1.82) is 0 Å². The summed E-state index contributed by atoms with van der Waals surface area (Å²) in [6.07, 6.45) is -0.653. The molecule has 1 aliphatic rings. The van der Waals surface area contributed by atoms with Crippen LogP contribution < -0.4 is 5.32 Å². The van der Waals surface area contributed by atoms with Crippen LogP contribution in [-0.4, -0.2) is 58.1 Å². The Kier molecular flexibility index (Phi) is 5.21. The van der Waals surface area contributed by atoms with Crippen LogP contribution >= 0.6 is 11.6 Å². The van der Waals surface area contributed by atoms with Crippen molar-refractivity contribution in [3.8, 4) is 0 Å². The molecule has 0 bridgehead atoms. The molecule has 8 heteroatoms. The molecule has 1 rings (SSSR count). The highest BCUT2D eigenvalue weighted by Crippen LogP contribution is 2.16. The van der Waals surface area contributed by atoms with Crippen LogP contribution in [0.25, 0.3) is 0 Å². The summed E-state index contributed by atoms with van der Waals surface area (Å²) in [5.41, 5.74) is -0.724. The third kappa shape index (κ3) is 5.24. The molecule has 7 nitrogen and oxygen atoms in total. The Morgan fingerprint density at radius 3 is 2.55 bits per heavy atom. The smallest absolute Gasteiger partial charge is 0.408 e. The fourth-order valence-electron chi connectivity index (χ4n) is 1.76. The van der Waals surface area contributed by atoms with E-state index in [4.69, 9.17) is 21.4 Å². The van der Waals surface area contributed by atoms with Gasteiger partial charge in [-0.3, -0.25) is 4.79 Å². The van der Waals surface area contributed by atoms with Crippen molar-refractivity contribution in [3.63, 3.8) is 0 Å². The lowest BCUT2D eigenvalue weighted by Gasteiger charge is -2.24. The van der Waals surface area contributed by atoms with E-state index in [1.807, 2.05) is 0 Å². The van der Waals surface area contributed by atoms with E-state index in [0.717, 1.165) is 0 Å². The fourth-order valence-corrected chi connectivity index (χ4v) is 2.05. The Balaban J connectivity index is 2.59. The molecule has 0 radical (unpaired) electrons. The van der Waals surface area contributed by atoms with Crippen LogP contribution in [0.2, 0.25) is 0 Å². The van der Waals surface area contributed by atoms with Gasteiger partial charge in [-0.25, -0.2) is 9.59 Å². The van der Waals surface area contributed by atoms with Gasteiger partial charge in [0.1, 0.15) is 11.6 Å². The minimum atomic E-state index is -1.23. The monoisotopic (exact) mass is 306 g/mol. The van der Waals surface area contributed by atoms with Gasteiger partial charge >= 0.3 is 12.1 Å². The molecule has 2 unspecified atom stereocenters. The van der Waals surface area contributed by atoms with Crippen molar-refractivity contribution >= 4 is 29.6 Å². The summed E-state index contributed by atoms with van der Waals surface area (Å²) in [7, 11) is 0. The number of halogens is 1. The highest BCUT2D eigenvalue weighted by Gasteiger charge is 2.33. The van der Waals surface area contributed by atoms with Crippen LogP contribution in [0, 0.1) is 0 Å². The number of hydrogen-bond donors (Lipinski definition) is 2. The molecule has 0 aromatic heterocycles. The maximum Gasteiger partial charge on any atom is 0.408 e. The number of amides is 2. The molecular formula is C12H19ClN2O5. The van der Waals surface area contributed by atoms with Gasteiger partial charge in [0.15, 0.2) is 0 Å². The molecule has 0 saturated carbocycles. The predicted molar refractivity (Wildman–Crippen MR) is 71.6 cm³/mol. The minimum Gasteiger partial charge on any atom is -0.480 e. The summed E-state index contributed by atoms with van der Waals surface area (Å²) < 4.78 is 4.99. The molecule has 0 aliphatic carbocycles. The van der Waals surface area contributed by atoms with E-state index in [1.54, 1.807) is 20.8 Å². The molecule has 1 heterocycles. The Bertz CT molecular complexity index is 407. The zero-order valence-corrected chi connectivity index (χ0v) is 12.4. The van der Waals surface area contributed by atoms with Crippen molar-refractivity contribution in [2.24, 2.45) is 0 Å². The van der Waals surface area contributed by atoms with Crippen LogP contribution in [0.5, 0.6) is 0 Å². The number of carbonyl (C=O) groups excluding carboxylic acids is 2. The number of carboxylic acids is 1. The van der Waals surface area contributed by atoms with E-state index in [0.29, 0.717) is 0 Å². The van der Waals surface area contributed by atoms with E-state index in [-0.39, 0.29) is 30.8 Å². The number of alkyl halides is 1. The number of nitrogens with zero attached hydrogens (tertiary/aromatic N) is 1. The van der Waals surface area contributed by atoms with Crippen LogP contribution in [0.15, 0.2) is 0 Å². The maximum atomic E-state index is 11.6. The van der Waals surface area contributed by atoms with Crippen molar-refractivity contribution in [3.05, 3.63) is 0 Å². The normalized spacial score (nSPS) is 20.7. The highest BCUT2D eigenvalue weighted by atomic mass is 35.5. The largest absolute Gasteiger partial charge is 0.480 e. The van der Waals surface area contributed by atoms with Crippen LogP contribution in [-0.2, 0) is 14.3 Å². The van der Waals surface area contributed by atoms with Gasteiger partial charge < -0.3 is 20.1 Å². The van der Waals surface area contributed by atoms with Gasteiger partial charge in [0.2, 0.25) is 5.91 Å². The molecule has 0 aromatic rings. The predicted octanol–water partition coefficient (Wildman–Crippen LogP) is 0.804. The number of aliphatic carboxylic acids is 1. The minimum absolute atomic E-state index is 0.128. The van der Waals surface area contributed by atoms with Crippen LogP contribution in [0.4, 0.5) is 4.79 Å². The number of carboxylic acid groups (broad SMARTS) is 1. The summed E-state index contributed by atoms with van der Waals surface area (Å²) in [5.74, 6) is -1.45. The van der Waals surface area contributed by atoms with Gasteiger partial charge in [-0.1, -0.05) is 0 Å². The number of nitrogens with one attached hydrogen (secondary N) is 1. The molecule has 20 heavy (non-hydrogen) atoms. The number of alkyl carbamates (subject to hydrolysis) is 1.